The fourth-order valence-electron chi connectivity index (χ4n) is 1.50. The summed E-state index contributed by atoms with van der Waals surface area (Å²) in [7, 11) is 1.34. The fourth-order valence-corrected chi connectivity index (χ4v) is 1.61. The van der Waals surface area contributed by atoms with E-state index in [9.17, 15) is 9.59 Å². The molecule has 0 aliphatic carbocycles. The molecule has 1 heterocycles. The molecule has 0 aliphatic heterocycles. The van der Waals surface area contributed by atoms with Gasteiger partial charge in [0.15, 0.2) is 0 Å². The topological polar surface area (TPSA) is 125 Å². The zero-order valence-corrected chi connectivity index (χ0v) is 13.7. The molecule has 0 fully saturated rings. The Balaban J connectivity index is 2.90. The number of carbonyl (C=O) groups excluding carboxylic acids is 1. The molecule has 1 amide bonds. The average Bonchev–Trinajstić information content (AvgIpc) is 2.47. The van der Waals surface area contributed by atoms with Gasteiger partial charge < -0.3 is 25.8 Å². The molecule has 0 bridgehead atoms. The Bertz CT molecular complexity index is 627. The van der Waals surface area contributed by atoms with Crippen molar-refractivity contribution in [1.82, 2.24) is 20.6 Å². The molecular formula is C13H17N5O4S. The molecule has 0 unspecified atom stereocenters. The molecule has 1 aromatic rings. The van der Waals surface area contributed by atoms with Crippen molar-refractivity contribution in [1.29, 1.82) is 0 Å². The van der Waals surface area contributed by atoms with Gasteiger partial charge >= 0.3 is 5.97 Å². The highest BCUT2D eigenvalue weighted by Crippen LogP contribution is 2.04. The normalized spacial score (nSPS) is 10.7. The summed E-state index contributed by atoms with van der Waals surface area (Å²) in [6.45, 7) is 3.09. The third kappa shape index (κ3) is 6.70. The number of rotatable bonds is 6. The second-order valence-electron chi connectivity index (χ2n) is 4.37. The lowest BCUT2D eigenvalue weighted by atomic mass is 10.3. The number of aliphatic carboxylic acids is 1. The summed E-state index contributed by atoms with van der Waals surface area (Å²) in [5.74, 6) is -1.56. The van der Waals surface area contributed by atoms with Crippen molar-refractivity contribution < 1.29 is 19.4 Å². The van der Waals surface area contributed by atoms with Crippen LogP contribution in [0.2, 0.25) is 0 Å². The highest BCUT2D eigenvalue weighted by atomic mass is 32.1. The maximum absolute atomic E-state index is 12.0. The zero-order chi connectivity index (χ0) is 17.4. The summed E-state index contributed by atoms with van der Waals surface area (Å²) in [5.41, 5.74) is 1.47. The van der Waals surface area contributed by atoms with Gasteiger partial charge in [0.25, 0.3) is 11.1 Å². The molecule has 10 heteroatoms. The monoisotopic (exact) mass is 339 g/mol. The lowest BCUT2D eigenvalue weighted by molar-refractivity contribution is -0.137. The van der Waals surface area contributed by atoms with E-state index >= 15 is 0 Å². The van der Waals surface area contributed by atoms with Gasteiger partial charge in [0.2, 0.25) is 5.95 Å². The smallest absolute Gasteiger partial charge is 0.322 e. The number of aromatic nitrogens is 2. The van der Waals surface area contributed by atoms with Crippen LogP contribution < -0.4 is 16.0 Å². The Morgan fingerprint density at radius 2 is 1.96 bits per heavy atom. The molecule has 0 aliphatic rings. The summed E-state index contributed by atoms with van der Waals surface area (Å²) in [6, 6.07) is 1.80. The Morgan fingerprint density at radius 3 is 2.48 bits per heavy atom. The molecule has 1 rings (SSSR count). The third-order valence-corrected chi connectivity index (χ3v) is 2.66. The number of ether oxygens (including phenoxy) is 1. The van der Waals surface area contributed by atoms with Crippen molar-refractivity contribution in [2.75, 3.05) is 19.0 Å². The van der Waals surface area contributed by atoms with Gasteiger partial charge in [0.05, 0.1) is 7.11 Å². The van der Waals surface area contributed by atoms with Gasteiger partial charge in [-0.15, -0.1) is 0 Å². The van der Waals surface area contributed by atoms with Crippen LogP contribution in [0.15, 0.2) is 18.0 Å². The summed E-state index contributed by atoms with van der Waals surface area (Å²) in [6.07, 6.45) is 1.27. The SMILES string of the molecule is COC(=S)N/C(=C/Nc1nc(C)cc(C)n1)C(=O)NCC(=O)O. The first kappa shape index (κ1) is 18.3. The van der Waals surface area contributed by atoms with Crippen LogP contribution in [0.25, 0.3) is 0 Å². The first-order chi connectivity index (χ1) is 10.8. The van der Waals surface area contributed by atoms with Crippen molar-refractivity contribution in [2.45, 2.75) is 13.8 Å². The second kappa shape index (κ2) is 8.63. The van der Waals surface area contributed by atoms with E-state index in [0.29, 0.717) is 0 Å². The van der Waals surface area contributed by atoms with Crippen LogP contribution >= 0.6 is 12.2 Å². The average molecular weight is 339 g/mol. The Kier molecular flexibility index (Phi) is 6.87. The summed E-state index contributed by atoms with van der Waals surface area (Å²) in [4.78, 5) is 30.8. The summed E-state index contributed by atoms with van der Waals surface area (Å²) in [5, 5.41) is 16.0. The lowest BCUT2D eigenvalue weighted by Crippen LogP contribution is -2.37. The maximum atomic E-state index is 12.0. The van der Waals surface area contributed by atoms with Gasteiger partial charge in [0, 0.05) is 17.6 Å². The first-order valence-electron chi connectivity index (χ1n) is 6.45. The minimum atomic E-state index is -1.17. The molecular weight excluding hydrogens is 322 g/mol. The van der Waals surface area contributed by atoms with Crippen LogP contribution in [-0.2, 0) is 14.3 Å². The van der Waals surface area contributed by atoms with Crippen LogP contribution in [0.4, 0.5) is 5.95 Å². The molecule has 1 aromatic heterocycles. The number of carboxylic acid groups (broad SMARTS) is 1. The minimum absolute atomic E-state index is 0.0409. The number of carbonyl (C=O) groups is 2. The van der Waals surface area contributed by atoms with Crippen molar-refractivity contribution in [3.05, 3.63) is 29.4 Å². The molecule has 0 saturated heterocycles. The number of methoxy groups -OCH3 is 1. The second-order valence-corrected chi connectivity index (χ2v) is 4.74. The molecule has 0 spiro atoms. The van der Waals surface area contributed by atoms with Crippen molar-refractivity contribution in [2.24, 2.45) is 0 Å². The highest BCUT2D eigenvalue weighted by Gasteiger charge is 2.13. The highest BCUT2D eigenvalue weighted by molar-refractivity contribution is 7.80. The predicted octanol–water partition coefficient (Wildman–Crippen LogP) is 0.0684. The van der Waals surface area contributed by atoms with Crippen molar-refractivity contribution >= 4 is 35.2 Å². The largest absolute Gasteiger partial charge is 0.480 e. The number of anilines is 1. The van der Waals surface area contributed by atoms with Crippen LogP contribution in [0.1, 0.15) is 11.4 Å². The fraction of sp³-hybridized carbons (Fsp3) is 0.308. The van der Waals surface area contributed by atoms with Crippen LogP contribution in [0, 0.1) is 13.8 Å². The van der Waals surface area contributed by atoms with Crippen LogP contribution in [0.3, 0.4) is 0 Å². The maximum Gasteiger partial charge on any atom is 0.322 e. The number of carboxylic acids is 1. The molecule has 0 saturated carbocycles. The zero-order valence-electron chi connectivity index (χ0n) is 12.8. The molecule has 0 aromatic carbocycles. The summed E-state index contributed by atoms with van der Waals surface area (Å²) >= 11 is 4.83. The van der Waals surface area contributed by atoms with Crippen LogP contribution in [0.5, 0.6) is 0 Å². The van der Waals surface area contributed by atoms with E-state index in [0.717, 1.165) is 11.4 Å². The van der Waals surface area contributed by atoms with E-state index in [1.807, 2.05) is 13.8 Å². The van der Waals surface area contributed by atoms with Gasteiger partial charge in [-0.1, -0.05) is 0 Å². The number of hydrogen-bond acceptors (Lipinski definition) is 7. The number of thiocarbonyl (C=S) groups is 1. The standard InChI is InChI=1S/C13H17N5O4S/c1-7-4-8(2)17-12(16-7)15-5-9(18-13(23)22-3)11(21)14-6-10(19)20/h4-5H,6H2,1-3H3,(H,14,21)(H,18,23)(H,19,20)(H,15,16,17)/b9-5+. The third-order valence-electron chi connectivity index (χ3n) is 2.39. The number of aryl methyl sites for hydroxylation is 2. The predicted molar refractivity (Wildman–Crippen MR) is 86.6 cm³/mol. The quantitative estimate of drug-likeness (QED) is 0.421. The number of nitrogens with zero attached hydrogens (tertiary/aromatic N) is 2. The van der Waals surface area contributed by atoms with E-state index in [2.05, 4.69) is 25.9 Å². The molecule has 9 nitrogen and oxygen atoms in total. The Labute approximate surface area is 138 Å². The van der Waals surface area contributed by atoms with Gasteiger partial charge in [-0.2, -0.15) is 0 Å². The lowest BCUT2D eigenvalue weighted by Gasteiger charge is -2.11. The van der Waals surface area contributed by atoms with E-state index in [1.165, 1.54) is 13.3 Å². The number of hydrogen-bond donors (Lipinski definition) is 4. The molecule has 0 radical (unpaired) electrons. The van der Waals surface area contributed by atoms with E-state index in [1.54, 1.807) is 6.07 Å². The van der Waals surface area contributed by atoms with Crippen molar-refractivity contribution in [3.63, 3.8) is 0 Å². The van der Waals surface area contributed by atoms with E-state index in [-0.39, 0.29) is 16.8 Å². The van der Waals surface area contributed by atoms with E-state index < -0.39 is 18.4 Å². The van der Waals surface area contributed by atoms with E-state index in [4.69, 9.17) is 22.1 Å². The first-order valence-corrected chi connectivity index (χ1v) is 6.86. The van der Waals surface area contributed by atoms with Gasteiger partial charge in [0.1, 0.15) is 12.2 Å². The molecule has 4 N–H and O–H groups in total. The minimum Gasteiger partial charge on any atom is -0.480 e. The van der Waals surface area contributed by atoms with Gasteiger partial charge in [-0.25, -0.2) is 9.97 Å². The number of nitrogens with one attached hydrogen (secondary N) is 3. The van der Waals surface area contributed by atoms with Crippen molar-refractivity contribution in [3.8, 4) is 0 Å². The van der Waals surface area contributed by atoms with Gasteiger partial charge in [-0.3, -0.25) is 9.59 Å². The molecule has 0 atom stereocenters. The molecule has 124 valence electrons. The number of amides is 1. The van der Waals surface area contributed by atoms with Gasteiger partial charge in [-0.05, 0) is 32.1 Å². The molecule has 23 heavy (non-hydrogen) atoms. The Hall–Kier alpha value is -2.75. The van der Waals surface area contributed by atoms with Crippen LogP contribution in [-0.4, -0.2) is 45.8 Å². The Morgan fingerprint density at radius 1 is 1.35 bits per heavy atom. The summed E-state index contributed by atoms with van der Waals surface area (Å²) < 4.78 is 4.77.